The van der Waals surface area contributed by atoms with E-state index < -0.39 is 0 Å². The molecular weight excluding hydrogens is 388 g/mol. The predicted molar refractivity (Wildman–Crippen MR) is 124 cm³/mol. The molecule has 0 saturated carbocycles. The highest BCUT2D eigenvalue weighted by atomic mass is 16.1. The van der Waals surface area contributed by atoms with E-state index in [9.17, 15) is 4.79 Å². The van der Waals surface area contributed by atoms with E-state index in [1.165, 1.54) is 18.4 Å². The number of aryl methyl sites for hydroxylation is 1. The van der Waals surface area contributed by atoms with Crippen molar-refractivity contribution in [3.63, 3.8) is 0 Å². The van der Waals surface area contributed by atoms with Crippen LogP contribution < -0.4 is 10.9 Å². The summed E-state index contributed by atoms with van der Waals surface area (Å²) in [6.45, 7) is 2.29. The van der Waals surface area contributed by atoms with Gasteiger partial charge in [-0.3, -0.25) is 9.48 Å². The number of likely N-dealkylation sites (tertiary alicyclic amines) is 1. The molecule has 1 aromatic carbocycles. The Labute approximate surface area is 180 Å². The number of aromatic amines is 1. The van der Waals surface area contributed by atoms with Gasteiger partial charge in [0.15, 0.2) is 0 Å². The van der Waals surface area contributed by atoms with E-state index in [1.807, 2.05) is 25.4 Å². The van der Waals surface area contributed by atoms with Crippen molar-refractivity contribution >= 4 is 22.3 Å². The molecule has 0 atom stereocenters. The Morgan fingerprint density at radius 3 is 2.58 bits per heavy atom. The van der Waals surface area contributed by atoms with Gasteiger partial charge >= 0.3 is 0 Å². The molecule has 1 saturated heterocycles. The van der Waals surface area contributed by atoms with Gasteiger partial charge in [-0.05, 0) is 74.1 Å². The Kier molecular flexibility index (Phi) is 5.03. The summed E-state index contributed by atoms with van der Waals surface area (Å²) in [7, 11) is 4.06. The van der Waals surface area contributed by atoms with Crippen LogP contribution in [0.5, 0.6) is 0 Å². The molecule has 1 aliphatic rings. The van der Waals surface area contributed by atoms with Crippen LogP contribution in [0.4, 0.5) is 11.5 Å². The molecular formula is C24H26N6O. The van der Waals surface area contributed by atoms with Crippen LogP contribution in [-0.4, -0.2) is 44.8 Å². The Morgan fingerprint density at radius 2 is 1.87 bits per heavy atom. The minimum atomic E-state index is -0.159. The normalized spacial score (nSPS) is 15.4. The molecule has 0 aliphatic carbocycles. The molecule has 7 heteroatoms. The minimum Gasteiger partial charge on any atom is -0.340 e. The molecule has 4 heterocycles. The van der Waals surface area contributed by atoms with Crippen LogP contribution in [0.25, 0.3) is 22.0 Å². The van der Waals surface area contributed by atoms with Crippen molar-refractivity contribution < 1.29 is 0 Å². The van der Waals surface area contributed by atoms with Gasteiger partial charge in [-0.2, -0.15) is 5.10 Å². The summed E-state index contributed by atoms with van der Waals surface area (Å²) < 4.78 is 1.74. The van der Waals surface area contributed by atoms with Crippen LogP contribution >= 0.6 is 0 Å². The zero-order chi connectivity index (χ0) is 21.4. The first kappa shape index (κ1) is 19.5. The molecule has 5 rings (SSSR count). The molecule has 4 aromatic rings. The number of fused-ring (bicyclic) bond motifs is 1. The van der Waals surface area contributed by atoms with Crippen LogP contribution in [-0.2, 0) is 7.05 Å². The van der Waals surface area contributed by atoms with E-state index in [2.05, 4.69) is 51.6 Å². The fraction of sp³-hybridized carbons (Fsp3) is 0.292. The number of piperidine rings is 1. The maximum atomic E-state index is 12.6. The average molecular weight is 415 g/mol. The van der Waals surface area contributed by atoms with Crippen LogP contribution in [0.1, 0.15) is 24.3 Å². The van der Waals surface area contributed by atoms with Gasteiger partial charge in [0.1, 0.15) is 5.82 Å². The van der Waals surface area contributed by atoms with Gasteiger partial charge in [-0.15, -0.1) is 0 Å². The molecule has 3 aromatic heterocycles. The molecule has 0 radical (unpaired) electrons. The van der Waals surface area contributed by atoms with Gasteiger partial charge in [0.25, 0.3) is 5.56 Å². The summed E-state index contributed by atoms with van der Waals surface area (Å²) in [6.07, 6.45) is 7.75. The van der Waals surface area contributed by atoms with Crippen molar-refractivity contribution in [3.05, 3.63) is 70.9 Å². The topological polar surface area (TPSA) is 78.8 Å². The number of hydrogen-bond donors (Lipinski definition) is 2. The highest BCUT2D eigenvalue weighted by Gasteiger charge is 2.18. The fourth-order valence-electron chi connectivity index (χ4n) is 4.32. The third kappa shape index (κ3) is 3.96. The molecule has 158 valence electrons. The van der Waals surface area contributed by atoms with Gasteiger partial charge in [-0.25, -0.2) is 4.98 Å². The summed E-state index contributed by atoms with van der Waals surface area (Å²) in [5, 5.41) is 9.01. The number of nitrogens with zero attached hydrogens (tertiary/aromatic N) is 4. The number of hydrogen-bond acceptors (Lipinski definition) is 5. The predicted octanol–water partition coefficient (Wildman–Crippen LogP) is 3.88. The van der Waals surface area contributed by atoms with E-state index in [4.69, 9.17) is 4.98 Å². The Balaban J connectivity index is 1.48. The minimum absolute atomic E-state index is 0.159. The van der Waals surface area contributed by atoms with Gasteiger partial charge in [0.05, 0.1) is 17.3 Å². The molecule has 0 amide bonds. The van der Waals surface area contributed by atoms with E-state index in [1.54, 1.807) is 17.1 Å². The van der Waals surface area contributed by atoms with E-state index in [0.717, 1.165) is 35.4 Å². The van der Waals surface area contributed by atoms with Crippen molar-refractivity contribution in [2.75, 3.05) is 25.5 Å². The second-order valence-electron chi connectivity index (χ2n) is 8.35. The third-order valence-corrected chi connectivity index (χ3v) is 6.12. The highest BCUT2D eigenvalue weighted by molar-refractivity contribution is 5.95. The maximum absolute atomic E-state index is 12.6. The zero-order valence-electron chi connectivity index (χ0n) is 17.8. The second kappa shape index (κ2) is 8.00. The Hall–Kier alpha value is -3.45. The van der Waals surface area contributed by atoms with E-state index in [0.29, 0.717) is 17.1 Å². The second-order valence-corrected chi connectivity index (χ2v) is 8.35. The number of pyridine rings is 2. The lowest BCUT2D eigenvalue weighted by Crippen LogP contribution is -2.29. The van der Waals surface area contributed by atoms with Crippen LogP contribution in [0.2, 0.25) is 0 Å². The van der Waals surface area contributed by atoms with E-state index in [-0.39, 0.29) is 5.56 Å². The Morgan fingerprint density at radius 1 is 1.10 bits per heavy atom. The highest BCUT2D eigenvalue weighted by Crippen LogP contribution is 2.30. The SMILES string of the molecule is CN1CCC(c2ccc(Nc3nc(-c4cnn(C)c4)cc4cc[nH]c(=O)c34)cc2)CC1. The number of rotatable bonds is 4. The van der Waals surface area contributed by atoms with Crippen molar-refractivity contribution in [1.82, 2.24) is 24.6 Å². The van der Waals surface area contributed by atoms with Crippen molar-refractivity contribution in [2.24, 2.45) is 7.05 Å². The molecule has 1 fully saturated rings. The molecule has 1 aliphatic heterocycles. The standard InChI is InChI=1S/C24H26N6O/c1-29-11-8-17(9-12-29)16-3-5-20(6-4-16)27-23-22-18(7-10-25-24(22)31)13-21(28-23)19-14-26-30(2)15-19/h3-7,10,13-15,17H,8-9,11-12H2,1-2H3,(H,25,31)(H,27,28). The van der Waals surface area contributed by atoms with Gasteiger partial charge < -0.3 is 15.2 Å². The Bertz CT molecular complexity index is 1270. The summed E-state index contributed by atoms with van der Waals surface area (Å²) >= 11 is 0. The van der Waals surface area contributed by atoms with Crippen molar-refractivity contribution in [2.45, 2.75) is 18.8 Å². The molecule has 0 bridgehead atoms. The number of benzene rings is 1. The van der Waals surface area contributed by atoms with Crippen molar-refractivity contribution in [1.29, 1.82) is 0 Å². The summed E-state index contributed by atoms with van der Waals surface area (Å²) in [5.74, 6) is 1.16. The molecule has 0 unspecified atom stereocenters. The van der Waals surface area contributed by atoms with Crippen LogP contribution in [0.15, 0.2) is 59.8 Å². The first-order valence-corrected chi connectivity index (χ1v) is 10.6. The number of aromatic nitrogens is 4. The first-order chi connectivity index (χ1) is 15.1. The first-order valence-electron chi connectivity index (χ1n) is 10.6. The third-order valence-electron chi connectivity index (χ3n) is 6.12. The molecule has 0 spiro atoms. The lowest BCUT2D eigenvalue weighted by Gasteiger charge is -2.29. The summed E-state index contributed by atoms with van der Waals surface area (Å²) in [5.41, 5.74) is 3.81. The smallest absolute Gasteiger partial charge is 0.259 e. The summed E-state index contributed by atoms with van der Waals surface area (Å²) in [4.78, 5) is 22.5. The fourth-order valence-corrected chi connectivity index (χ4v) is 4.32. The molecule has 2 N–H and O–H groups in total. The molecule has 31 heavy (non-hydrogen) atoms. The molecule has 7 nitrogen and oxygen atoms in total. The maximum Gasteiger partial charge on any atom is 0.259 e. The monoisotopic (exact) mass is 414 g/mol. The number of anilines is 2. The van der Waals surface area contributed by atoms with Gasteiger partial charge in [0.2, 0.25) is 0 Å². The van der Waals surface area contributed by atoms with Gasteiger partial charge in [-0.1, -0.05) is 12.1 Å². The number of nitrogens with one attached hydrogen (secondary N) is 2. The number of H-pyrrole nitrogens is 1. The zero-order valence-corrected chi connectivity index (χ0v) is 17.8. The lowest BCUT2D eigenvalue weighted by atomic mass is 9.89. The quantitative estimate of drug-likeness (QED) is 0.530. The van der Waals surface area contributed by atoms with Crippen LogP contribution in [0, 0.1) is 0 Å². The summed E-state index contributed by atoms with van der Waals surface area (Å²) in [6, 6.07) is 12.4. The lowest BCUT2D eigenvalue weighted by molar-refractivity contribution is 0.255. The van der Waals surface area contributed by atoms with Crippen LogP contribution in [0.3, 0.4) is 0 Å². The van der Waals surface area contributed by atoms with Gasteiger partial charge in [0, 0.05) is 30.7 Å². The van der Waals surface area contributed by atoms with Crippen molar-refractivity contribution in [3.8, 4) is 11.3 Å². The van der Waals surface area contributed by atoms with E-state index >= 15 is 0 Å². The largest absolute Gasteiger partial charge is 0.340 e. The average Bonchev–Trinajstić information content (AvgIpc) is 3.21.